The number of amides is 2. The summed E-state index contributed by atoms with van der Waals surface area (Å²) in [7, 11) is 0. The minimum absolute atomic E-state index is 0.189. The molecule has 0 saturated carbocycles. The summed E-state index contributed by atoms with van der Waals surface area (Å²) in [5, 5.41) is 0.593. The Hall–Kier alpha value is -2.73. The number of para-hydroxylation sites is 1. The molecule has 2 N–H and O–H groups in total. The maximum absolute atomic E-state index is 12.3. The SMILES string of the molecule is Cc1cccc(C)c1OCC(=O)NNC(=O)[C@@H]1COc2ccc(Cl)cc2C1. The van der Waals surface area contributed by atoms with E-state index in [0.717, 1.165) is 22.4 Å². The van der Waals surface area contributed by atoms with Gasteiger partial charge < -0.3 is 9.47 Å². The third-order valence-electron chi connectivity index (χ3n) is 4.38. The van der Waals surface area contributed by atoms with Crippen molar-refractivity contribution in [2.75, 3.05) is 13.2 Å². The van der Waals surface area contributed by atoms with E-state index >= 15 is 0 Å². The lowest BCUT2D eigenvalue weighted by atomic mass is 9.96. The molecule has 142 valence electrons. The number of benzene rings is 2. The van der Waals surface area contributed by atoms with Gasteiger partial charge in [0.05, 0.1) is 5.92 Å². The van der Waals surface area contributed by atoms with E-state index in [9.17, 15) is 9.59 Å². The number of hydrogen-bond acceptors (Lipinski definition) is 4. The smallest absolute Gasteiger partial charge is 0.276 e. The molecule has 2 aromatic rings. The normalized spacial score (nSPS) is 15.3. The summed E-state index contributed by atoms with van der Waals surface area (Å²) in [5.41, 5.74) is 7.58. The molecule has 1 aliphatic heterocycles. The van der Waals surface area contributed by atoms with E-state index in [-0.39, 0.29) is 19.1 Å². The van der Waals surface area contributed by atoms with Gasteiger partial charge in [-0.25, -0.2) is 0 Å². The van der Waals surface area contributed by atoms with Gasteiger partial charge in [0.2, 0.25) is 5.91 Å². The van der Waals surface area contributed by atoms with Crippen LogP contribution in [0, 0.1) is 19.8 Å². The van der Waals surface area contributed by atoms with E-state index in [0.29, 0.717) is 17.2 Å². The van der Waals surface area contributed by atoms with Gasteiger partial charge in [0, 0.05) is 5.02 Å². The molecule has 0 aliphatic carbocycles. The van der Waals surface area contributed by atoms with Gasteiger partial charge in [-0.05, 0) is 55.2 Å². The molecule has 0 fully saturated rings. The molecule has 1 aliphatic rings. The second-order valence-corrected chi connectivity index (χ2v) is 6.95. The molecule has 7 heteroatoms. The van der Waals surface area contributed by atoms with E-state index in [1.54, 1.807) is 18.2 Å². The fourth-order valence-corrected chi connectivity index (χ4v) is 3.16. The van der Waals surface area contributed by atoms with E-state index in [4.69, 9.17) is 21.1 Å². The molecular formula is C20H21ClN2O4. The van der Waals surface area contributed by atoms with Crippen molar-refractivity contribution < 1.29 is 19.1 Å². The highest BCUT2D eigenvalue weighted by molar-refractivity contribution is 6.30. The molecule has 2 amide bonds. The van der Waals surface area contributed by atoms with Crippen molar-refractivity contribution in [1.82, 2.24) is 10.9 Å². The van der Waals surface area contributed by atoms with Crippen molar-refractivity contribution in [1.29, 1.82) is 0 Å². The van der Waals surface area contributed by atoms with Crippen LogP contribution in [0.3, 0.4) is 0 Å². The van der Waals surface area contributed by atoms with Crippen LogP contribution < -0.4 is 20.3 Å². The third kappa shape index (κ3) is 4.71. The minimum atomic E-state index is -0.439. The molecule has 0 saturated heterocycles. The monoisotopic (exact) mass is 388 g/mol. The Morgan fingerprint density at radius 1 is 1.19 bits per heavy atom. The summed E-state index contributed by atoms with van der Waals surface area (Å²) in [6.07, 6.45) is 0.497. The molecule has 0 spiro atoms. The predicted molar refractivity (Wildman–Crippen MR) is 102 cm³/mol. The van der Waals surface area contributed by atoms with Gasteiger partial charge in [0.1, 0.15) is 18.1 Å². The van der Waals surface area contributed by atoms with Gasteiger partial charge in [0.15, 0.2) is 6.61 Å². The van der Waals surface area contributed by atoms with Crippen LogP contribution in [0.4, 0.5) is 0 Å². The number of fused-ring (bicyclic) bond motifs is 1. The predicted octanol–water partition coefficient (Wildman–Crippen LogP) is 2.73. The number of hydrogen-bond donors (Lipinski definition) is 2. The summed E-state index contributed by atoms with van der Waals surface area (Å²) in [6, 6.07) is 11.1. The Kier molecular flexibility index (Phi) is 5.86. The summed E-state index contributed by atoms with van der Waals surface area (Å²) >= 11 is 5.99. The minimum Gasteiger partial charge on any atom is -0.492 e. The van der Waals surface area contributed by atoms with Gasteiger partial charge in [-0.15, -0.1) is 0 Å². The fraction of sp³-hybridized carbons (Fsp3) is 0.300. The first kappa shape index (κ1) is 19.0. The molecule has 6 nitrogen and oxygen atoms in total. The topological polar surface area (TPSA) is 76.7 Å². The lowest BCUT2D eigenvalue weighted by Gasteiger charge is -2.24. The van der Waals surface area contributed by atoms with Crippen molar-refractivity contribution in [3.8, 4) is 11.5 Å². The van der Waals surface area contributed by atoms with Crippen molar-refractivity contribution in [2.24, 2.45) is 5.92 Å². The molecule has 0 bridgehead atoms. The van der Waals surface area contributed by atoms with Crippen LogP contribution in [-0.2, 0) is 16.0 Å². The van der Waals surface area contributed by atoms with Gasteiger partial charge in [0.25, 0.3) is 5.91 Å². The highest BCUT2D eigenvalue weighted by Gasteiger charge is 2.26. The second-order valence-electron chi connectivity index (χ2n) is 6.51. The number of carbonyl (C=O) groups excluding carboxylic acids is 2. The summed E-state index contributed by atoms with van der Waals surface area (Å²) in [5.74, 6) is 0.241. The first-order valence-corrected chi connectivity index (χ1v) is 9.01. The van der Waals surface area contributed by atoms with Gasteiger partial charge >= 0.3 is 0 Å². The second kappa shape index (κ2) is 8.31. The number of nitrogens with one attached hydrogen (secondary N) is 2. The van der Waals surface area contributed by atoms with E-state index in [2.05, 4.69) is 10.9 Å². The average Bonchev–Trinajstić information content (AvgIpc) is 2.65. The molecule has 1 heterocycles. The summed E-state index contributed by atoms with van der Waals surface area (Å²) in [4.78, 5) is 24.3. The van der Waals surface area contributed by atoms with Gasteiger partial charge in [-0.3, -0.25) is 20.4 Å². The first-order chi connectivity index (χ1) is 12.9. The van der Waals surface area contributed by atoms with E-state index < -0.39 is 11.8 Å². The number of carbonyl (C=O) groups is 2. The molecule has 2 aromatic carbocycles. The average molecular weight is 389 g/mol. The van der Waals surface area contributed by atoms with Gasteiger partial charge in [-0.2, -0.15) is 0 Å². The van der Waals surface area contributed by atoms with Crippen LogP contribution in [-0.4, -0.2) is 25.0 Å². The highest BCUT2D eigenvalue weighted by Crippen LogP contribution is 2.29. The Morgan fingerprint density at radius 3 is 2.67 bits per heavy atom. The highest BCUT2D eigenvalue weighted by atomic mass is 35.5. The maximum Gasteiger partial charge on any atom is 0.276 e. The molecule has 0 aromatic heterocycles. The van der Waals surface area contributed by atoms with E-state index in [1.165, 1.54) is 0 Å². The van der Waals surface area contributed by atoms with Crippen molar-refractivity contribution in [3.63, 3.8) is 0 Å². The number of ether oxygens (including phenoxy) is 2. The number of aryl methyl sites for hydroxylation is 2. The largest absolute Gasteiger partial charge is 0.492 e. The Bertz CT molecular complexity index is 849. The fourth-order valence-electron chi connectivity index (χ4n) is 2.97. The molecule has 1 atom stereocenters. The lowest BCUT2D eigenvalue weighted by Crippen LogP contribution is -2.48. The first-order valence-electron chi connectivity index (χ1n) is 8.63. The zero-order chi connectivity index (χ0) is 19.4. The Balaban J connectivity index is 1.48. The quantitative estimate of drug-likeness (QED) is 0.789. The molecule has 3 rings (SSSR count). The van der Waals surface area contributed by atoms with Crippen LogP contribution in [0.15, 0.2) is 36.4 Å². The zero-order valence-electron chi connectivity index (χ0n) is 15.2. The number of hydrazine groups is 1. The lowest BCUT2D eigenvalue weighted by molar-refractivity contribution is -0.132. The van der Waals surface area contributed by atoms with E-state index in [1.807, 2.05) is 32.0 Å². The zero-order valence-corrected chi connectivity index (χ0v) is 15.9. The van der Waals surface area contributed by atoms with Crippen LogP contribution >= 0.6 is 11.6 Å². The van der Waals surface area contributed by atoms with Crippen LogP contribution in [0.25, 0.3) is 0 Å². The van der Waals surface area contributed by atoms with Crippen LogP contribution in [0.1, 0.15) is 16.7 Å². The Morgan fingerprint density at radius 2 is 1.93 bits per heavy atom. The van der Waals surface area contributed by atoms with Crippen molar-refractivity contribution in [3.05, 3.63) is 58.1 Å². The Labute approximate surface area is 162 Å². The van der Waals surface area contributed by atoms with Gasteiger partial charge in [-0.1, -0.05) is 29.8 Å². The summed E-state index contributed by atoms with van der Waals surface area (Å²) in [6.45, 7) is 3.88. The van der Waals surface area contributed by atoms with Crippen LogP contribution in [0.2, 0.25) is 5.02 Å². The standard InChI is InChI=1S/C20H21ClN2O4/c1-12-4-3-5-13(2)19(12)27-11-18(24)22-23-20(25)15-8-14-9-16(21)6-7-17(14)26-10-15/h3-7,9,15H,8,10-11H2,1-2H3,(H,22,24)(H,23,25)/t15-/m0/s1. The molecule has 0 unspecified atom stereocenters. The summed E-state index contributed by atoms with van der Waals surface area (Å²) < 4.78 is 11.2. The molecule has 0 radical (unpaired) electrons. The van der Waals surface area contributed by atoms with Crippen LogP contribution in [0.5, 0.6) is 11.5 Å². The third-order valence-corrected chi connectivity index (χ3v) is 4.62. The maximum atomic E-state index is 12.3. The molecular weight excluding hydrogens is 368 g/mol. The van der Waals surface area contributed by atoms with Crippen molar-refractivity contribution >= 4 is 23.4 Å². The molecule has 27 heavy (non-hydrogen) atoms. The number of halogens is 1. The van der Waals surface area contributed by atoms with Crippen molar-refractivity contribution in [2.45, 2.75) is 20.3 Å². The number of rotatable bonds is 4.